The largest absolute Gasteiger partial charge is 0.395 e. The number of likely N-dealkylation sites (tertiary alicyclic amines) is 1. The SMILES string of the molecule is OCCNC[C@@H]1CCN(Cc2ccccc2)C1. The van der Waals surface area contributed by atoms with Crippen molar-refractivity contribution in [2.75, 3.05) is 32.8 Å². The Kier molecular flexibility index (Phi) is 4.98. The molecule has 3 heteroatoms. The molecule has 2 rings (SSSR count). The summed E-state index contributed by atoms with van der Waals surface area (Å²) in [5, 5.41) is 12.0. The van der Waals surface area contributed by atoms with E-state index in [4.69, 9.17) is 5.11 Å². The van der Waals surface area contributed by atoms with Crippen molar-refractivity contribution < 1.29 is 5.11 Å². The van der Waals surface area contributed by atoms with Gasteiger partial charge in [-0.1, -0.05) is 30.3 Å². The Labute approximate surface area is 103 Å². The van der Waals surface area contributed by atoms with E-state index in [2.05, 4.69) is 40.5 Å². The first kappa shape index (κ1) is 12.6. The summed E-state index contributed by atoms with van der Waals surface area (Å²) >= 11 is 0. The Morgan fingerprint density at radius 3 is 2.88 bits per heavy atom. The molecule has 94 valence electrons. The predicted molar refractivity (Wildman–Crippen MR) is 69.8 cm³/mol. The summed E-state index contributed by atoms with van der Waals surface area (Å²) < 4.78 is 0. The fourth-order valence-corrected chi connectivity index (χ4v) is 2.45. The molecule has 0 aromatic heterocycles. The predicted octanol–water partition coefficient (Wildman–Crippen LogP) is 1.09. The maximum absolute atomic E-state index is 8.71. The summed E-state index contributed by atoms with van der Waals surface area (Å²) in [4.78, 5) is 2.51. The monoisotopic (exact) mass is 234 g/mol. The summed E-state index contributed by atoms with van der Waals surface area (Å²) in [6.07, 6.45) is 1.27. The van der Waals surface area contributed by atoms with Gasteiger partial charge in [0.05, 0.1) is 6.61 Å². The molecule has 1 aromatic carbocycles. The number of hydrogen-bond donors (Lipinski definition) is 2. The average molecular weight is 234 g/mol. The van der Waals surface area contributed by atoms with Crippen LogP contribution >= 0.6 is 0 Å². The quantitative estimate of drug-likeness (QED) is 0.723. The molecule has 2 N–H and O–H groups in total. The summed E-state index contributed by atoms with van der Waals surface area (Å²) in [5.41, 5.74) is 1.40. The molecule has 1 aliphatic rings. The van der Waals surface area contributed by atoms with E-state index < -0.39 is 0 Å². The second kappa shape index (κ2) is 6.74. The van der Waals surface area contributed by atoms with Gasteiger partial charge in [0.25, 0.3) is 0 Å². The number of nitrogens with one attached hydrogen (secondary N) is 1. The van der Waals surface area contributed by atoms with Gasteiger partial charge in [0.15, 0.2) is 0 Å². The smallest absolute Gasteiger partial charge is 0.0555 e. The second-order valence-electron chi connectivity index (χ2n) is 4.80. The van der Waals surface area contributed by atoms with E-state index in [1.807, 2.05) is 0 Å². The lowest BCUT2D eigenvalue weighted by Crippen LogP contribution is -2.28. The Balaban J connectivity index is 1.71. The van der Waals surface area contributed by atoms with Crippen LogP contribution in [0.15, 0.2) is 30.3 Å². The highest BCUT2D eigenvalue weighted by Crippen LogP contribution is 2.17. The molecule has 1 aromatic rings. The lowest BCUT2D eigenvalue weighted by atomic mass is 10.1. The molecule has 1 fully saturated rings. The second-order valence-corrected chi connectivity index (χ2v) is 4.80. The van der Waals surface area contributed by atoms with Crippen LogP contribution in [0.25, 0.3) is 0 Å². The Morgan fingerprint density at radius 2 is 2.12 bits per heavy atom. The molecular formula is C14H22N2O. The molecular weight excluding hydrogens is 212 g/mol. The fraction of sp³-hybridized carbons (Fsp3) is 0.571. The lowest BCUT2D eigenvalue weighted by molar-refractivity contribution is 0.283. The highest BCUT2D eigenvalue weighted by molar-refractivity contribution is 5.14. The van der Waals surface area contributed by atoms with E-state index in [0.717, 1.165) is 25.6 Å². The number of rotatable bonds is 6. The van der Waals surface area contributed by atoms with Gasteiger partial charge in [-0.25, -0.2) is 0 Å². The molecule has 0 unspecified atom stereocenters. The van der Waals surface area contributed by atoms with Crippen molar-refractivity contribution in [1.29, 1.82) is 0 Å². The number of benzene rings is 1. The number of aliphatic hydroxyl groups is 1. The zero-order valence-electron chi connectivity index (χ0n) is 10.3. The van der Waals surface area contributed by atoms with Crippen molar-refractivity contribution in [3.63, 3.8) is 0 Å². The first-order chi connectivity index (χ1) is 8.38. The Bertz CT molecular complexity index is 315. The molecule has 0 amide bonds. The minimum Gasteiger partial charge on any atom is -0.395 e. The summed E-state index contributed by atoms with van der Waals surface area (Å²) in [5.74, 6) is 0.741. The van der Waals surface area contributed by atoms with Crippen LogP contribution in [0.2, 0.25) is 0 Å². The van der Waals surface area contributed by atoms with E-state index in [-0.39, 0.29) is 6.61 Å². The van der Waals surface area contributed by atoms with Crippen molar-refractivity contribution in [1.82, 2.24) is 10.2 Å². The van der Waals surface area contributed by atoms with E-state index in [9.17, 15) is 0 Å². The molecule has 1 heterocycles. The lowest BCUT2D eigenvalue weighted by Gasteiger charge is -2.16. The Morgan fingerprint density at radius 1 is 1.29 bits per heavy atom. The first-order valence-electron chi connectivity index (χ1n) is 6.46. The molecule has 0 bridgehead atoms. The molecule has 1 aliphatic heterocycles. The number of hydrogen-bond acceptors (Lipinski definition) is 3. The van der Waals surface area contributed by atoms with Gasteiger partial charge in [0.1, 0.15) is 0 Å². The van der Waals surface area contributed by atoms with E-state index >= 15 is 0 Å². The highest BCUT2D eigenvalue weighted by Gasteiger charge is 2.21. The molecule has 0 spiro atoms. The summed E-state index contributed by atoms with van der Waals surface area (Å²) in [6.45, 7) is 5.42. The van der Waals surface area contributed by atoms with Gasteiger partial charge in [-0.2, -0.15) is 0 Å². The standard InChI is InChI=1S/C14H22N2O/c17-9-7-15-10-14-6-8-16(12-14)11-13-4-2-1-3-5-13/h1-5,14-15,17H,6-12H2/t14-/m0/s1. The summed E-state index contributed by atoms with van der Waals surface area (Å²) in [7, 11) is 0. The van der Waals surface area contributed by atoms with Crippen molar-refractivity contribution in [3.05, 3.63) is 35.9 Å². The van der Waals surface area contributed by atoms with Crippen molar-refractivity contribution in [2.45, 2.75) is 13.0 Å². The average Bonchev–Trinajstić information content (AvgIpc) is 2.79. The minimum atomic E-state index is 0.237. The topological polar surface area (TPSA) is 35.5 Å². The van der Waals surface area contributed by atoms with Gasteiger partial charge < -0.3 is 10.4 Å². The van der Waals surface area contributed by atoms with Crippen LogP contribution in [0, 0.1) is 5.92 Å². The first-order valence-corrected chi connectivity index (χ1v) is 6.46. The van der Waals surface area contributed by atoms with Gasteiger partial charge in [0.2, 0.25) is 0 Å². The molecule has 1 atom stereocenters. The van der Waals surface area contributed by atoms with Gasteiger partial charge in [0, 0.05) is 19.6 Å². The van der Waals surface area contributed by atoms with Gasteiger partial charge >= 0.3 is 0 Å². The highest BCUT2D eigenvalue weighted by atomic mass is 16.3. The maximum atomic E-state index is 8.71. The molecule has 1 saturated heterocycles. The molecule has 3 nitrogen and oxygen atoms in total. The minimum absolute atomic E-state index is 0.237. The zero-order valence-corrected chi connectivity index (χ0v) is 10.3. The van der Waals surface area contributed by atoms with Crippen molar-refractivity contribution in [3.8, 4) is 0 Å². The maximum Gasteiger partial charge on any atom is 0.0555 e. The number of nitrogens with zero attached hydrogens (tertiary/aromatic N) is 1. The van der Waals surface area contributed by atoms with Crippen molar-refractivity contribution >= 4 is 0 Å². The fourth-order valence-electron chi connectivity index (χ4n) is 2.45. The third-order valence-corrected chi connectivity index (χ3v) is 3.34. The van der Waals surface area contributed by atoms with Gasteiger partial charge in [-0.15, -0.1) is 0 Å². The van der Waals surface area contributed by atoms with E-state index in [0.29, 0.717) is 0 Å². The molecule has 0 saturated carbocycles. The Hall–Kier alpha value is -0.900. The third kappa shape index (κ3) is 4.11. The van der Waals surface area contributed by atoms with Gasteiger partial charge in [-0.05, 0) is 31.0 Å². The van der Waals surface area contributed by atoms with Crippen LogP contribution in [-0.4, -0.2) is 42.8 Å². The number of aliphatic hydroxyl groups excluding tert-OH is 1. The van der Waals surface area contributed by atoms with Crippen molar-refractivity contribution in [2.24, 2.45) is 5.92 Å². The third-order valence-electron chi connectivity index (χ3n) is 3.34. The molecule has 17 heavy (non-hydrogen) atoms. The summed E-state index contributed by atoms with van der Waals surface area (Å²) in [6, 6.07) is 10.7. The normalized spacial score (nSPS) is 20.9. The van der Waals surface area contributed by atoms with Gasteiger partial charge in [-0.3, -0.25) is 4.90 Å². The van der Waals surface area contributed by atoms with E-state index in [1.165, 1.54) is 25.1 Å². The zero-order chi connectivity index (χ0) is 11.9. The van der Waals surface area contributed by atoms with Crippen LogP contribution in [0.4, 0.5) is 0 Å². The van der Waals surface area contributed by atoms with Crippen LogP contribution in [0.5, 0.6) is 0 Å². The van der Waals surface area contributed by atoms with Crippen LogP contribution in [0.3, 0.4) is 0 Å². The van der Waals surface area contributed by atoms with E-state index in [1.54, 1.807) is 0 Å². The molecule has 0 radical (unpaired) electrons. The van der Waals surface area contributed by atoms with Crippen LogP contribution in [0.1, 0.15) is 12.0 Å². The van der Waals surface area contributed by atoms with Crippen LogP contribution in [-0.2, 0) is 6.54 Å². The molecule has 0 aliphatic carbocycles. The van der Waals surface area contributed by atoms with Crippen LogP contribution < -0.4 is 5.32 Å².